The molecule has 0 bridgehead atoms. The van der Waals surface area contributed by atoms with Gasteiger partial charge in [0, 0.05) is 36.4 Å². The minimum Gasteiger partial charge on any atom is -0.396 e. The highest BCUT2D eigenvalue weighted by molar-refractivity contribution is 6.30. The summed E-state index contributed by atoms with van der Waals surface area (Å²) in [5.74, 6) is 0. The third kappa shape index (κ3) is 3.60. The van der Waals surface area contributed by atoms with Crippen LogP contribution < -0.4 is 10.2 Å². The molecule has 2 N–H and O–H groups in total. The van der Waals surface area contributed by atoms with Crippen molar-refractivity contribution in [1.29, 1.82) is 0 Å². The molecule has 0 amide bonds. The lowest BCUT2D eigenvalue weighted by Crippen LogP contribution is -2.38. The number of aliphatic hydroxyl groups is 1. The van der Waals surface area contributed by atoms with E-state index in [1.165, 1.54) is 5.69 Å². The summed E-state index contributed by atoms with van der Waals surface area (Å²) in [7, 11) is 0. The van der Waals surface area contributed by atoms with Crippen LogP contribution >= 0.6 is 11.6 Å². The van der Waals surface area contributed by atoms with Gasteiger partial charge in [0.2, 0.25) is 0 Å². The molecule has 1 saturated heterocycles. The molecule has 1 heterocycles. The topological polar surface area (TPSA) is 35.5 Å². The van der Waals surface area contributed by atoms with E-state index in [9.17, 15) is 0 Å². The van der Waals surface area contributed by atoms with Gasteiger partial charge in [0.15, 0.2) is 0 Å². The first-order chi connectivity index (χ1) is 8.29. The molecule has 1 aliphatic rings. The molecule has 1 aromatic rings. The Labute approximate surface area is 107 Å². The van der Waals surface area contributed by atoms with Gasteiger partial charge in [-0.3, -0.25) is 0 Å². The van der Waals surface area contributed by atoms with Gasteiger partial charge in [-0.25, -0.2) is 0 Å². The third-order valence-corrected chi connectivity index (χ3v) is 3.36. The predicted octanol–water partition coefficient (Wildman–Crippen LogP) is 1.89. The Hall–Kier alpha value is -0.770. The van der Waals surface area contributed by atoms with Gasteiger partial charge in [0.1, 0.15) is 0 Å². The maximum atomic E-state index is 9.03. The standard InChI is InChI=1S/C13H19ClN2O/c14-11-3-1-4-13(9-11)16-7-2-6-15-12(10-16)5-8-17/h1,3-4,9,12,15,17H,2,5-8,10H2. The fourth-order valence-corrected chi connectivity index (χ4v) is 2.44. The maximum absolute atomic E-state index is 9.03. The quantitative estimate of drug-likeness (QED) is 0.865. The summed E-state index contributed by atoms with van der Waals surface area (Å²) in [5, 5.41) is 13.3. The van der Waals surface area contributed by atoms with Crippen LogP contribution in [-0.4, -0.2) is 37.4 Å². The van der Waals surface area contributed by atoms with E-state index in [1.54, 1.807) is 0 Å². The molecule has 1 aliphatic heterocycles. The summed E-state index contributed by atoms with van der Waals surface area (Å²) in [5.41, 5.74) is 1.17. The molecule has 0 spiro atoms. The Balaban J connectivity index is 2.08. The number of anilines is 1. The number of aliphatic hydroxyl groups excluding tert-OH is 1. The van der Waals surface area contributed by atoms with Crippen molar-refractivity contribution in [2.24, 2.45) is 0 Å². The number of halogens is 1. The Bertz CT molecular complexity index is 359. The molecular formula is C13H19ClN2O. The van der Waals surface area contributed by atoms with Gasteiger partial charge in [-0.15, -0.1) is 0 Å². The molecule has 0 aromatic heterocycles. The molecule has 2 rings (SSSR count). The minimum atomic E-state index is 0.237. The number of rotatable bonds is 3. The number of hydrogen-bond acceptors (Lipinski definition) is 3. The van der Waals surface area contributed by atoms with Crippen molar-refractivity contribution in [3.63, 3.8) is 0 Å². The first-order valence-corrected chi connectivity index (χ1v) is 6.52. The third-order valence-electron chi connectivity index (χ3n) is 3.13. The summed E-state index contributed by atoms with van der Waals surface area (Å²) in [6.45, 7) is 3.22. The van der Waals surface area contributed by atoms with Crippen LogP contribution in [0.2, 0.25) is 5.02 Å². The molecule has 0 saturated carbocycles. The number of nitrogens with one attached hydrogen (secondary N) is 1. The van der Waals surface area contributed by atoms with Crippen LogP contribution in [0.5, 0.6) is 0 Å². The maximum Gasteiger partial charge on any atom is 0.0446 e. The fourth-order valence-electron chi connectivity index (χ4n) is 2.25. The minimum absolute atomic E-state index is 0.237. The zero-order valence-electron chi connectivity index (χ0n) is 9.90. The first-order valence-electron chi connectivity index (χ1n) is 6.14. The van der Waals surface area contributed by atoms with Crippen LogP contribution in [0, 0.1) is 0 Å². The van der Waals surface area contributed by atoms with Crippen molar-refractivity contribution in [3.8, 4) is 0 Å². The van der Waals surface area contributed by atoms with Gasteiger partial charge in [-0.2, -0.15) is 0 Å². The summed E-state index contributed by atoms with van der Waals surface area (Å²) < 4.78 is 0. The monoisotopic (exact) mass is 254 g/mol. The zero-order chi connectivity index (χ0) is 12.1. The van der Waals surface area contributed by atoms with Gasteiger partial charge in [0.05, 0.1) is 0 Å². The first kappa shape index (κ1) is 12.7. The number of benzene rings is 1. The lowest BCUT2D eigenvalue weighted by Gasteiger charge is -2.26. The van der Waals surface area contributed by atoms with Crippen LogP contribution in [0.1, 0.15) is 12.8 Å². The molecule has 1 fully saturated rings. The smallest absolute Gasteiger partial charge is 0.0446 e. The molecule has 0 radical (unpaired) electrons. The number of nitrogens with zero attached hydrogens (tertiary/aromatic N) is 1. The second kappa shape index (κ2) is 6.24. The Kier molecular flexibility index (Phi) is 4.66. The summed E-state index contributed by atoms with van der Waals surface area (Å²) in [6.07, 6.45) is 1.92. The molecule has 3 nitrogen and oxygen atoms in total. The van der Waals surface area contributed by atoms with E-state index in [4.69, 9.17) is 16.7 Å². The average Bonchev–Trinajstić information content (AvgIpc) is 2.55. The summed E-state index contributed by atoms with van der Waals surface area (Å²) in [4.78, 5) is 2.34. The largest absolute Gasteiger partial charge is 0.396 e. The van der Waals surface area contributed by atoms with E-state index in [0.717, 1.165) is 37.5 Å². The molecule has 0 aliphatic carbocycles. The number of hydrogen-bond donors (Lipinski definition) is 2. The zero-order valence-corrected chi connectivity index (χ0v) is 10.7. The molecule has 4 heteroatoms. The second-order valence-electron chi connectivity index (χ2n) is 4.44. The second-order valence-corrected chi connectivity index (χ2v) is 4.88. The average molecular weight is 255 g/mol. The van der Waals surface area contributed by atoms with Gasteiger partial charge in [0.25, 0.3) is 0 Å². The molecule has 1 aromatic carbocycles. The van der Waals surface area contributed by atoms with E-state index in [0.29, 0.717) is 6.04 Å². The summed E-state index contributed by atoms with van der Waals surface area (Å²) in [6, 6.07) is 8.33. The highest BCUT2D eigenvalue weighted by atomic mass is 35.5. The van der Waals surface area contributed by atoms with Gasteiger partial charge < -0.3 is 15.3 Å². The molecular weight excluding hydrogens is 236 g/mol. The Morgan fingerprint density at radius 1 is 1.47 bits per heavy atom. The van der Waals surface area contributed by atoms with E-state index in [-0.39, 0.29) is 6.61 Å². The van der Waals surface area contributed by atoms with Crippen LogP contribution in [0.25, 0.3) is 0 Å². The van der Waals surface area contributed by atoms with E-state index in [2.05, 4.69) is 16.3 Å². The molecule has 17 heavy (non-hydrogen) atoms. The van der Waals surface area contributed by atoms with Crippen LogP contribution in [0.3, 0.4) is 0 Å². The summed E-state index contributed by atoms with van der Waals surface area (Å²) >= 11 is 6.02. The fraction of sp³-hybridized carbons (Fsp3) is 0.538. The van der Waals surface area contributed by atoms with Gasteiger partial charge in [-0.05, 0) is 37.6 Å². The Morgan fingerprint density at radius 2 is 2.35 bits per heavy atom. The lowest BCUT2D eigenvalue weighted by atomic mass is 10.2. The normalized spacial score (nSPS) is 21.3. The molecule has 94 valence electrons. The van der Waals surface area contributed by atoms with Crippen LogP contribution in [0.15, 0.2) is 24.3 Å². The van der Waals surface area contributed by atoms with Crippen molar-refractivity contribution < 1.29 is 5.11 Å². The SMILES string of the molecule is OCCC1CN(c2cccc(Cl)c2)CCCN1. The Morgan fingerprint density at radius 3 is 3.12 bits per heavy atom. The van der Waals surface area contributed by atoms with Crippen molar-refractivity contribution in [3.05, 3.63) is 29.3 Å². The van der Waals surface area contributed by atoms with Gasteiger partial charge >= 0.3 is 0 Å². The van der Waals surface area contributed by atoms with Crippen molar-refractivity contribution in [2.45, 2.75) is 18.9 Å². The van der Waals surface area contributed by atoms with E-state index >= 15 is 0 Å². The highest BCUT2D eigenvalue weighted by Crippen LogP contribution is 2.21. The lowest BCUT2D eigenvalue weighted by molar-refractivity contribution is 0.267. The van der Waals surface area contributed by atoms with Crippen LogP contribution in [-0.2, 0) is 0 Å². The van der Waals surface area contributed by atoms with Crippen LogP contribution in [0.4, 0.5) is 5.69 Å². The highest BCUT2D eigenvalue weighted by Gasteiger charge is 2.17. The predicted molar refractivity (Wildman–Crippen MR) is 71.8 cm³/mol. The molecule has 1 unspecified atom stereocenters. The van der Waals surface area contributed by atoms with Crippen molar-refractivity contribution in [1.82, 2.24) is 5.32 Å². The van der Waals surface area contributed by atoms with E-state index in [1.807, 2.05) is 18.2 Å². The van der Waals surface area contributed by atoms with Crippen molar-refractivity contribution in [2.75, 3.05) is 31.1 Å². The molecule has 1 atom stereocenters. The van der Waals surface area contributed by atoms with Gasteiger partial charge in [-0.1, -0.05) is 17.7 Å². The van der Waals surface area contributed by atoms with E-state index < -0.39 is 0 Å². The van der Waals surface area contributed by atoms with Crippen molar-refractivity contribution >= 4 is 17.3 Å².